The summed E-state index contributed by atoms with van der Waals surface area (Å²) in [7, 11) is 0. The molecule has 0 aliphatic carbocycles. The van der Waals surface area contributed by atoms with E-state index in [1.54, 1.807) is 0 Å². The number of benzene rings is 9. The van der Waals surface area contributed by atoms with Gasteiger partial charge in [0, 0.05) is 43.9 Å². The highest BCUT2D eigenvalue weighted by atomic mass is 16.3. The summed E-state index contributed by atoms with van der Waals surface area (Å²) in [4.78, 5) is 15.8. The number of aromatic nitrogens is 4. The molecule has 5 nitrogen and oxygen atoms in total. The molecule has 270 valence electrons. The lowest BCUT2D eigenvalue weighted by Crippen LogP contribution is -2.01. The molecular formula is C53H32N4O. The Morgan fingerprint density at radius 1 is 0.345 bits per heavy atom. The zero-order chi connectivity index (χ0) is 38.2. The third-order valence-corrected chi connectivity index (χ3v) is 11.4. The summed E-state index contributed by atoms with van der Waals surface area (Å²) in [6, 6.07) is 68.0. The molecule has 0 bridgehead atoms. The molecule has 58 heavy (non-hydrogen) atoms. The maximum absolute atomic E-state index is 6.33. The fourth-order valence-electron chi connectivity index (χ4n) is 8.83. The van der Waals surface area contributed by atoms with Crippen molar-refractivity contribution in [1.29, 1.82) is 0 Å². The Kier molecular flexibility index (Phi) is 7.16. The molecule has 0 aliphatic rings. The van der Waals surface area contributed by atoms with Crippen LogP contribution in [0.5, 0.6) is 0 Å². The first-order valence-corrected chi connectivity index (χ1v) is 19.5. The first-order chi connectivity index (χ1) is 28.7. The van der Waals surface area contributed by atoms with Gasteiger partial charge in [-0.05, 0) is 75.1 Å². The molecule has 0 aliphatic heterocycles. The molecule has 0 fully saturated rings. The van der Waals surface area contributed by atoms with Gasteiger partial charge < -0.3 is 8.98 Å². The van der Waals surface area contributed by atoms with Crippen LogP contribution >= 0.6 is 0 Å². The van der Waals surface area contributed by atoms with Crippen molar-refractivity contribution in [2.75, 3.05) is 0 Å². The Balaban J connectivity index is 1.08. The lowest BCUT2D eigenvalue weighted by molar-refractivity contribution is 0.669. The molecule has 0 atom stereocenters. The van der Waals surface area contributed by atoms with Crippen molar-refractivity contribution < 1.29 is 4.42 Å². The van der Waals surface area contributed by atoms with E-state index in [1.807, 2.05) is 30.3 Å². The van der Waals surface area contributed by atoms with Crippen LogP contribution in [0.4, 0.5) is 0 Å². The summed E-state index contributed by atoms with van der Waals surface area (Å²) in [5, 5.41) is 9.32. The van der Waals surface area contributed by atoms with Crippen molar-refractivity contribution in [3.05, 3.63) is 194 Å². The molecule has 0 N–H and O–H groups in total. The fourth-order valence-corrected chi connectivity index (χ4v) is 8.83. The molecular weight excluding hydrogens is 709 g/mol. The van der Waals surface area contributed by atoms with Crippen molar-refractivity contribution in [2.24, 2.45) is 0 Å². The van der Waals surface area contributed by atoms with Crippen LogP contribution in [0.1, 0.15) is 0 Å². The highest BCUT2D eigenvalue weighted by Crippen LogP contribution is 2.39. The van der Waals surface area contributed by atoms with E-state index in [4.69, 9.17) is 19.4 Å². The van der Waals surface area contributed by atoms with E-state index < -0.39 is 0 Å². The van der Waals surface area contributed by atoms with Crippen LogP contribution in [0, 0.1) is 0 Å². The summed E-state index contributed by atoms with van der Waals surface area (Å²) >= 11 is 0. The lowest BCUT2D eigenvalue weighted by Gasteiger charge is -2.13. The second-order valence-electron chi connectivity index (χ2n) is 14.8. The maximum atomic E-state index is 6.33. The first kappa shape index (κ1) is 32.4. The molecule has 9 aromatic carbocycles. The van der Waals surface area contributed by atoms with Gasteiger partial charge in [-0.3, -0.25) is 0 Å². The summed E-state index contributed by atoms with van der Waals surface area (Å²) in [6.07, 6.45) is 0. The number of hydrogen-bond acceptors (Lipinski definition) is 4. The third kappa shape index (κ3) is 5.07. The molecule has 0 unspecified atom stereocenters. The Bertz CT molecular complexity index is 3540. The molecule has 5 heteroatoms. The molecule has 0 saturated carbocycles. The van der Waals surface area contributed by atoms with E-state index in [2.05, 4.69) is 168 Å². The second-order valence-corrected chi connectivity index (χ2v) is 14.8. The third-order valence-electron chi connectivity index (χ3n) is 11.4. The molecule has 3 heterocycles. The molecule has 0 radical (unpaired) electrons. The van der Waals surface area contributed by atoms with E-state index in [1.165, 1.54) is 37.9 Å². The van der Waals surface area contributed by atoms with Gasteiger partial charge in [0.1, 0.15) is 11.2 Å². The summed E-state index contributed by atoms with van der Waals surface area (Å²) in [6.45, 7) is 0. The van der Waals surface area contributed by atoms with Crippen molar-refractivity contribution >= 4 is 65.3 Å². The van der Waals surface area contributed by atoms with E-state index in [-0.39, 0.29) is 0 Å². The molecule has 12 rings (SSSR count). The van der Waals surface area contributed by atoms with E-state index in [9.17, 15) is 0 Å². The number of hydrogen-bond donors (Lipinski definition) is 0. The van der Waals surface area contributed by atoms with Gasteiger partial charge >= 0.3 is 0 Å². The molecule has 0 saturated heterocycles. The topological polar surface area (TPSA) is 56.7 Å². The van der Waals surface area contributed by atoms with Gasteiger partial charge in [0.25, 0.3) is 0 Å². The Hall–Kier alpha value is -7.89. The smallest absolute Gasteiger partial charge is 0.164 e. The number of furan rings is 1. The highest BCUT2D eigenvalue weighted by Gasteiger charge is 2.19. The zero-order valence-electron chi connectivity index (χ0n) is 31.2. The second kappa shape index (κ2) is 12.8. The Labute approximate surface area is 333 Å². The van der Waals surface area contributed by atoms with Crippen LogP contribution in [-0.4, -0.2) is 19.5 Å². The average Bonchev–Trinajstić information content (AvgIpc) is 3.85. The van der Waals surface area contributed by atoms with Crippen LogP contribution in [0.3, 0.4) is 0 Å². The Morgan fingerprint density at radius 2 is 0.897 bits per heavy atom. The number of nitrogens with zero attached hydrogens (tertiary/aromatic N) is 4. The minimum Gasteiger partial charge on any atom is -0.456 e. The van der Waals surface area contributed by atoms with Crippen molar-refractivity contribution in [3.63, 3.8) is 0 Å². The summed E-state index contributed by atoms with van der Waals surface area (Å²) < 4.78 is 8.65. The van der Waals surface area contributed by atoms with Crippen LogP contribution in [0.2, 0.25) is 0 Å². The van der Waals surface area contributed by atoms with Gasteiger partial charge in [0.2, 0.25) is 0 Å². The predicted molar refractivity (Wildman–Crippen MR) is 238 cm³/mol. The van der Waals surface area contributed by atoms with Crippen molar-refractivity contribution in [1.82, 2.24) is 19.5 Å². The van der Waals surface area contributed by atoms with Crippen LogP contribution < -0.4 is 0 Å². The predicted octanol–water partition coefficient (Wildman–Crippen LogP) is 13.8. The summed E-state index contributed by atoms with van der Waals surface area (Å²) in [5.41, 5.74) is 9.90. The molecule has 3 aromatic heterocycles. The minimum atomic E-state index is 0.584. The van der Waals surface area contributed by atoms with Crippen LogP contribution in [0.25, 0.3) is 116 Å². The zero-order valence-corrected chi connectivity index (χ0v) is 31.2. The summed E-state index contributed by atoms with van der Waals surface area (Å²) in [5.74, 6) is 1.77. The van der Waals surface area contributed by atoms with Crippen molar-refractivity contribution in [2.45, 2.75) is 0 Å². The minimum absolute atomic E-state index is 0.584. The van der Waals surface area contributed by atoms with Gasteiger partial charge in [0.15, 0.2) is 17.5 Å². The fraction of sp³-hybridized carbons (Fsp3) is 0. The largest absolute Gasteiger partial charge is 0.456 e. The van der Waals surface area contributed by atoms with Gasteiger partial charge in [0.05, 0.1) is 11.0 Å². The number of rotatable bonds is 5. The first-order valence-electron chi connectivity index (χ1n) is 19.5. The van der Waals surface area contributed by atoms with Gasteiger partial charge in [-0.15, -0.1) is 0 Å². The van der Waals surface area contributed by atoms with Gasteiger partial charge in [-0.1, -0.05) is 152 Å². The van der Waals surface area contributed by atoms with Crippen molar-refractivity contribution in [3.8, 4) is 51.0 Å². The van der Waals surface area contributed by atoms with E-state index in [0.29, 0.717) is 17.5 Å². The highest BCUT2D eigenvalue weighted by molar-refractivity contribution is 6.15. The van der Waals surface area contributed by atoms with Crippen LogP contribution in [0.15, 0.2) is 199 Å². The van der Waals surface area contributed by atoms with Crippen LogP contribution in [-0.2, 0) is 0 Å². The maximum Gasteiger partial charge on any atom is 0.164 e. The standard InChI is InChI=1S/C53H32N4O/c1-2-19-39-33(13-1)29-30-34-14-11-23-40(49(34)39)35-15-9-16-36(31-35)51-54-52(56-53(55-51)44-24-12-28-48-50(44)43-22-5-8-27-47(43)58-48)37-17-10-18-38(32-37)57-45-25-6-3-20-41(45)42-21-4-7-26-46(42)57/h1-32H. The Morgan fingerprint density at radius 3 is 1.71 bits per heavy atom. The average molecular weight is 741 g/mol. The molecule has 12 aromatic rings. The normalized spacial score (nSPS) is 11.8. The number of para-hydroxylation sites is 3. The SMILES string of the molecule is c1cc(-c2nc(-c3cccc(-n4c5ccccc5c5ccccc54)c3)nc(-c3cccc4oc5ccccc5c34)n2)cc(-c2cccc3ccc4ccccc4c23)c1. The lowest BCUT2D eigenvalue weighted by atomic mass is 9.93. The molecule has 0 amide bonds. The monoisotopic (exact) mass is 740 g/mol. The van der Waals surface area contributed by atoms with Gasteiger partial charge in [-0.25, -0.2) is 15.0 Å². The molecule has 0 spiro atoms. The number of fused-ring (bicyclic) bond motifs is 9. The van der Waals surface area contributed by atoms with E-state index >= 15 is 0 Å². The van der Waals surface area contributed by atoms with Gasteiger partial charge in [-0.2, -0.15) is 0 Å². The quantitative estimate of drug-likeness (QED) is 0.165. The van der Waals surface area contributed by atoms with E-state index in [0.717, 1.165) is 60.9 Å².